The summed E-state index contributed by atoms with van der Waals surface area (Å²) in [4.78, 5) is 11.0. The Morgan fingerprint density at radius 1 is 1.27 bits per heavy atom. The van der Waals surface area contributed by atoms with Crippen molar-refractivity contribution in [2.24, 2.45) is 11.1 Å². The topological polar surface area (TPSA) is 89.6 Å². The number of aryl methyl sites for hydroxylation is 2. The van der Waals surface area contributed by atoms with Crippen LogP contribution in [0.15, 0.2) is 24.3 Å². The van der Waals surface area contributed by atoms with Gasteiger partial charge in [-0.3, -0.25) is 14.6 Å². The number of hydrogen-bond donors (Lipinski definition) is 2. The summed E-state index contributed by atoms with van der Waals surface area (Å²) in [6.07, 6.45) is -1.61. The van der Waals surface area contributed by atoms with Gasteiger partial charge < -0.3 is 5.73 Å². The van der Waals surface area contributed by atoms with E-state index >= 15 is 0 Å². The first-order valence-corrected chi connectivity index (χ1v) is 11.1. The molecule has 0 unspecified atom stereocenters. The number of alkyl halides is 3. The lowest BCUT2D eigenvalue weighted by molar-refractivity contribution is -0.137. The van der Waals surface area contributed by atoms with Gasteiger partial charge in [-0.05, 0) is 55.7 Å². The second kappa shape index (κ2) is 8.35. The molecule has 0 fully saturated rings. The number of fused-ring (bicyclic) bond motifs is 1. The minimum absolute atomic E-state index is 0.00873. The fraction of sp³-hybridized carbons (Fsp3) is 0.458. The zero-order valence-corrected chi connectivity index (χ0v) is 19.0. The SMILES string of the molecule is CCn1nc(-c2cc(-c3ccc(CCC(N)=O)cc3C(F)(F)F)n[nH]2)c2c1CC(C)(C)CC2. The first-order chi connectivity index (χ1) is 15.5. The molecule has 0 saturated heterocycles. The van der Waals surface area contributed by atoms with Crippen molar-refractivity contribution in [2.75, 3.05) is 0 Å². The Hall–Kier alpha value is -3.10. The smallest absolute Gasteiger partial charge is 0.370 e. The fourth-order valence-corrected chi connectivity index (χ4v) is 4.53. The molecule has 4 rings (SSSR count). The van der Waals surface area contributed by atoms with Gasteiger partial charge in [0.25, 0.3) is 0 Å². The van der Waals surface area contributed by atoms with Crippen LogP contribution in [0.1, 0.15) is 56.0 Å². The lowest BCUT2D eigenvalue weighted by atomic mass is 9.76. The molecular formula is C24H28F3N5O. The fourth-order valence-electron chi connectivity index (χ4n) is 4.53. The van der Waals surface area contributed by atoms with E-state index in [0.29, 0.717) is 11.3 Å². The van der Waals surface area contributed by atoms with Gasteiger partial charge in [-0.2, -0.15) is 23.4 Å². The molecule has 176 valence electrons. The number of carbonyl (C=O) groups excluding carboxylic acids is 1. The molecule has 1 aromatic carbocycles. The lowest BCUT2D eigenvalue weighted by Crippen LogP contribution is -2.24. The molecular weight excluding hydrogens is 431 g/mol. The monoisotopic (exact) mass is 459 g/mol. The van der Waals surface area contributed by atoms with Gasteiger partial charge in [-0.1, -0.05) is 26.0 Å². The predicted molar refractivity (Wildman–Crippen MR) is 119 cm³/mol. The number of rotatable bonds is 6. The number of hydrogen-bond acceptors (Lipinski definition) is 3. The summed E-state index contributed by atoms with van der Waals surface area (Å²) >= 11 is 0. The predicted octanol–water partition coefficient (Wildman–Crippen LogP) is 4.91. The summed E-state index contributed by atoms with van der Waals surface area (Å²) in [5, 5.41) is 11.9. The first kappa shape index (κ1) is 23.1. The lowest BCUT2D eigenvalue weighted by Gasteiger charge is -2.30. The Kier molecular flexibility index (Phi) is 5.84. The van der Waals surface area contributed by atoms with Crippen LogP contribution in [0, 0.1) is 5.41 Å². The van der Waals surface area contributed by atoms with Crippen molar-refractivity contribution in [2.45, 2.75) is 65.6 Å². The molecule has 1 aliphatic carbocycles. The first-order valence-electron chi connectivity index (χ1n) is 11.1. The average Bonchev–Trinajstić information content (AvgIpc) is 3.35. The van der Waals surface area contributed by atoms with E-state index in [1.165, 1.54) is 11.8 Å². The van der Waals surface area contributed by atoms with Crippen LogP contribution < -0.4 is 5.73 Å². The number of nitrogens with zero attached hydrogens (tertiary/aromatic N) is 3. The van der Waals surface area contributed by atoms with E-state index in [-0.39, 0.29) is 29.5 Å². The number of aromatic amines is 1. The summed E-state index contributed by atoms with van der Waals surface area (Å²) in [7, 11) is 0. The van der Waals surface area contributed by atoms with Gasteiger partial charge >= 0.3 is 6.18 Å². The summed E-state index contributed by atoms with van der Waals surface area (Å²) in [5.74, 6) is -0.553. The van der Waals surface area contributed by atoms with Crippen LogP contribution >= 0.6 is 0 Å². The molecule has 0 bridgehead atoms. The highest BCUT2D eigenvalue weighted by Crippen LogP contribution is 2.41. The van der Waals surface area contributed by atoms with Crippen molar-refractivity contribution in [1.82, 2.24) is 20.0 Å². The normalized spacial score (nSPS) is 15.5. The zero-order valence-electron chi connectivity index (χ0n) is 19.0. The summed E-state index contributed by atoms with van der Waals surface area (Å²) < 4.78 is 43.5. The van der Waals surface area contributed by atoms with Crippen LogP contribution in [0.2, 0.25) is 0 Å². The van der Waals surface area contributed by atoms with Crippen molar-refractivity contribution in [3.63, 3.8) is 0 Å². The largest absolute Gasteiger partial charge is 0.417 e. The van der Waals surface area contributed by atoms with E-state index in [1.807, 2.05) is 11.6 Å². The minimum Gasteiger partial charge on any atom is -0.370 e. The summed E-state index contributed by atoms with van der Waals surface area (Å²) in [5.41, 5.74) is 8.83. The maximum Gasteiger partial charge on any atom is 0.417 e. The number of amides is 1. The van der Waals surface area contributed by atoms with Crippen molar-refractivity contribution in [3.8, 4) is 22.6 Å². The third-order valence-corrected chi connectivity index (χ3v) is 6.32. The zero-order chi connectivity index (χ0) is 24.0. The Balaban J connectivity index is 1.73. The quantitative estimate of drug-likeness (QED) is 0.549. The molecule has 3 N–H and O–H groups in total. The maximum atomic E-state index is 13.8. The molecule has 33 heavy (non-hydrogen) atoms. The summed E-state index contributed by atoms with van der Waals surface area (Å²) in [6.45, 7) is 7.24. The Morgan fingerprint density at radius 3 is 2.70 bits per heavy atom. The molecule has 6 nitrogen and oxygen atoms in total. The van der Waals surface area contributed by atoms with Crippen LogP contribution in [-0.2, 0) is 36.8 Å². The second-order valence-electron chi connectivity index (χ2n) is 9.44. The highest BCUT2D eigenvalue weighted by molar-refractivity contribution is 5.74. The number of halogens is 3. The van der Waals surface area contributed by atoms with Crippen LogP contribution in [0.25, 0.3) is 22.6 Å². The van der Waals surface area contributed by atoms with E-state index in [1.54, 1.807) is 12.1 Å². The van der Waals surface area contributed by atoms with Crippen LogP contribution in [0.5, 0.6) is 0 Å². The number of carbonyl (C=O) groups is 1. The molecule has 0 radical (unpaired) electrons. The molecule has 1 aliphatic rings. The van der Waals surface area contributed by atoms with Crippen molar-refractivity contribution >= 4 is 5.91 Å². The number of nitrogens with two attached hydrogens (primary N) is 1. The number of aromatic nitrogens is 4. The summed E-state index contributed by atoms with van der Waals surface area (Å²) in [6, 6.07) is 5.69. The number of primary amides is 1. The van der Waals surface area contributed by atoms with Crippen LogP contribution in [0.4, 0.5) is 13.2 Å². The maximum absolute atomic E-state index is 13.8. The molecule has 2 aromatic heterocycles. The third kappa shape index (κ3) is 4.67. The molecule has 3 aromatic rings. The van der Waals surface area contributed by atoms with E-state index in [9.17, 15) is 18.0 Å². The van der Waals surface area contributed by atoms with Crippen LogP contribution in [0.3, 0.4) is 0 Å². The van der Waals surface area contributed by atoms with Crippen molar-refractivity contribution in [3.05, 3.63) is 46.6 Å². The molecule has 0 spiro atoms. The van der Waals surface area contributed by atoms with Crippen molar-refractivity contribution in [1.29, 1.82) is 0 Å². The minimum atomic E-state index is -4.56. The average molecular weight is 460 g/mol. The van der Waals surface area contributed by atoms with Crippen LogP contribution in [-0.4, -0.2) is 25.9 Å². The standard InChI is InChI=1S/C24H28F3N5O/c1-4-32-20-13-23(2,3)10-9-16(20)22(31-32)19-12-18(29-30-19)15-7-5-14(6-8-21(28)33)11-17(15)24(25,26)27/h5,7,11-12H,4,6,8-10,13H2,1-3H3,(H2,28,33)(H,29,30). The van der Waals surface area contributed by atoms with Gasteiger partial charge in [0.15, 0.2) is 0 Å². The highest BCUT2D eigenvalue weighted by Gasteiger charge is 2.35. The van der Waals surface area contributed by atoms with Gasteiger partial charge in [0.05, 0.1) is 17.0 Å². The van der Waals surface area contributed by atoms with Gasteiger partial charge in [-0.25, -0.2) is 0 Å². The number of benzene rings is 1. The molecule has 9 heteroatoms. The molecule has 1 amide bonds. The van der Waals surface area contributed by atoms with Gasteiger partial charge in [0.1, 0.15) is 5.69 Å². The Labute approximate surface area is 190 Å². The number of H-pyrrole nitrogens is 1. The van der Waals surface area contributed by atoms with Gasteiger partial charge in [0, 0.05) is 29.8 Å². The molecule has 2 heterocycles. The van der Waals surface area contributed by atoms with Gasteiger partial charge in [0.2, 0.25) is 5.91 Å². The number of nitrogens with one attached hydrogen (secondary N) is 1. The van der Waals surface area contributed by atoms with E-state index in [4.69, 9.17) is 10.8 Å². The Morgan fingerprint density at radius 2 is 2.03 bits per heavy atom. The van der Waals surface area contributed by atoms with E-state index in [2.05, 4.69) is 24.0 Å². The highest BCUT2D eigenvalue weighted by atomic mass is 19.4. The Bertz CT molecular complexity index is 1190. The second-order valence-corrected chi connectivity index (χ2v) is 9.44. The molecule has 0 saturated carbocycles. The molecule has 0 atom stereocenters. The van der Waals surface area contributed by atoms with Crippen molar-refractivity contribution < 1.29 is 18.0 Å². The third-order valence-electron chi connectivity index (χ3n) is 6.32. The van der Waals surface area contributed by atoms with E-state index in [0.717, 1.165) is 43.1 Å². The van der Waals surface area contributed by atoms with Gasteiger partial charge in [-0.15, -0.1) is 0 Å². The van der Waals surface area contributed by atoms with E-state index < -0.39 is 17.6 Å². The molecule has 0 aliphatic heterocycles.